The van der Waals surface area contributed by atoms with Crippen LogP contribution in [0.15, 0.2) is 24.4 Å². The van der Waals surface area contributed by atoms with Crippen LogP contribution in [-0.2, 0) is 6.42 Å². The van der Waals surface area contributed by atoms with Crippen LogP contribution in [0.3, 0.4) is 0 Å². The van der Waals surface area contributed by atoms with Crippen LogP contribution >= 0.6 is 0 Å². The molecule has 3 nitrogen and oxygen atoms in total. The van der Waals surface area contributed by atoms with E-state index in [1.807, 2.05) is 12.3 Å². The SMILES string of the molecule is CCNC(CC)CCCN(C)CCc1ccccn1. The van der Waals surface area contributed by atoms with Gasteiger partial charge in [0.05, 0.1) is 0 Å². The van der Waals surface area contributed by atoms with Crippen molar-refractivity contribution in [2.75, 3.05) is 26.7 Å². The van der Waals surface area contributed by atoms with Crippen LogP contribution in [-0.4, -0.2) is 42.6 Å². The van der Waals surface area contributed by atoms with Crippen LogP contribution < -0.4 is 5.32 Å². The highest BCUT2D eigenvalue weighted by molar-refractivity contribution is 5.03. The van der Waals surface area contributed by atoms with Gasteiger partial charge in [0.15, 0.2) is 0 Å². The number of pyridine rings is 1. The number of hydrogen-bond acceptors (Lipinski definition) is 3. The van der Waals surface area contributed by atoms with Gasteiger partial charge in [-0.15, -0.1) is 0 Å². The van der Waals surface area contributed by atoms with Crippen LogP contribution in [0.5, 0.6) is 0 Å². The summed E-state index contributed by atoms with van der Waals surface area (Å²) < 4.78 is 0. The van der Waals surface area contributed by atoms with Gasteiger partial charge < -0.3 is 10.2 Å². The average Bonchev–Trinajstić information content (AvgIpc) is 2.45. The first-order chi connectivity index (χ1) is 9.26. The molecule has 1 rings (SSSR count). The van der Waals surface area contributed by atoms with Gasteiger partial charge in [-0.25, -0.2) is 0 Å². The molecule has 1 aromatic rings. The van der Waals surface area contributed by atoms with E-state index in [9.17, 15) is 0 Å². The first-order valence-electron chi connectivity index (χ1n) is 7.58. The van der Waals surface area contributed by atoms with Gasteiger partial charge in [0, 0.05) is 30.9 Å². The second-order valence-corrected chi connectivity index (χ2v) is 5.18. The maximum absolute atomic E-state index is 4.36. The number of rotatable bonds is 10. The molecule has 0 saturated heterocycles. The lowest BCUT2D eigenvalue weighted by atomic mass is 10.1. The fourth-order valence-corrected chi connectivity index (χ4v) is 2.31. The highest BCUT2D eigenvalue weighted by Gasteiger charge is 2.05. The monoisotopic (exact) mass is 263 g/mol. The molecule has 1 atom stereocenters. The quantitative estimate of drug-likeness (QED) is 0.703. The van der Waals surface area contributed by atoms with Gasteiger partial charge in [0.1, 0.15) is 0 Å². The molecule has 1 unspecified atom stereocenters. The molecule has 0 aliphatic heterocycles. The molecule has 1 heterocycles. The molecule has 0 saturated carbocycles. The Morgan fingerprint density at radius 2 is 2.11 bits per heavy atom. The Bertz CT molecular complexity index is 313. The molecule has 19 heavy (non-hydrogen) atoms. The molecule has 0 radical (unpaired) electrons. The van der Waals surface area contributed by atoms with Crippen molar-refractivity contribution in [3.63, 3.8) is 0 Å². The molecule has 0 aliphatic carbocycles. The minimum absolute atomic E-state index is 0.689. The van der Waals surface area contributed by atoms with E-state index in [0.29, 0.717) is 6.04 Å². The first-order valence-corrected chi connectivity index (χ1v) is 7.58. The summed E-state index contributed by atoms with van der Waals surface area (Å²) in [6.07, 6.45) is 6.69. The average molecular weight is 263 g/mol. The van der Waals surface area contributed by atoms with Crippen molar-refractivity contribution < 1.29 is 0 Å². The number of aromatic nitrogens is 1. The minimum atomic E-state index is 0.689. The zero-order valence-corrected chi connectivity index (χ0v) is 12.7. The predicted octanol–water partition coefficient (Wildman–Crippen LogP) is 2.72. The van der Waals surface area contributed by atoms with Crippen LogP contribution in [0.1, 0.15) is 38.8 Å². The molecule has 108 valence electrons. The summed E-state index contributed by atoms with van der Waals surface area (Å²) in [6, 6.07) is 6.82. The van der Waals surface area contributed by atoms with Gasteiger partial charge in [0.25, 0.3) is 0 Å². The number of nitrogens with one attached hydrogen (secondary N) is 1. The molecular formula is C16H29N3. The van der Waals surface area contributed by atoms with Crippen molar-refractivity contribution in [1.82, 2.24) is 15.2 Å². The molecule has 0 fully saturated rings. The van der Waals surface area contributed by atoms with Crippen LogP contribution in [0.25, 0.3) is 0 Å². The third-order valence-electron chi connectivity index (χ3n) is 3.55. The summed E-state index contributed by atoms with van der Waals surface area (Å²) in [5.41, 5.74) is 1.19. The Kier molecular flexibility index (Phi) is 8.43. The minimum Gasteiger partial charge on any atom is -0.314 e. The zero-order chi connectivity index (χ0) is 13.9. The van der Waals surface area contributed by atoms with Crippen molar-refractivity contribution in [2.45, 2.75) is 45.6 Å². The summed E-state index contributed by atoms with van der Waals surface area (Å²) in [4.78, 5) is 6.77. The summed E-state index contributed by atoms with van der Waals surface area (Å²) in [5.74, 6) is 0. The van der Waals surface area contributed by atoms with Crippen LogP contribution in [0.2, 0.25) is 0 Å². The lowest BCUT2D eigenvalue weighted by Gasteiger charge is -2.19. The standard InChI is InChI=1S/C16H29N3/c1-4-15(17-5-2)10-8-13-19(3)14-11-16-9-6-7-12-18-16/h6-7,9,12,15,17H,4-5,8,10-11,13-14H2,1-3H3. The number of likely N-dealkylation sites (N-methyl/N-ethyl adjacent to an activating group) is 1. The topological polar surface area (TPSA) is 28.2 Å². The highest BCUT2D eigenvalue weighted by Crippen LogP contribution is 2.03. The second-order valence-electron chi connectivity index (χ2n) is 5.18. The van der Waals surface area contributed by atoms with E-state index in [1.54, 1.807) is 0 Å². The van der Waals surface area contributed by atoms with E-state index >= 15 is 0 Å². The summed E-state index contributed by atoms with van der Waals surface area (Å²) in [7, 11) is 2.21. The van der Waals surface area contributed by atoms with Crippen molar-refractivity contribution in [1.29, 1.82) is 0 Å². The van der Waals surface area contributed by atoms with E-state index in [1.165, 1.54) is 31.5 Å². The van der Waals surface area contributed by atoms with Crippen molar-refractivity contribution in [3.05, 3.63) is 30.1 Å². The lowest BCUT2D eigenvalue weighted by Crippen LogP contribution is -2.30. The van der Waals surface area contributed by atoms with E-state index in [0.717, 1.165) is 19.5 Å². The second kappa shape index (κ2) is 9.93. The smallest absolute Gasteiger partial charge is 0.0416 e. The predicted molar refractivity (Wildman–Crippen MR) is 82.4 cm³/mol. The third-order valence-corrected chi connectivity index (χ3v) is 3.55. The summed E-state index contributed by atoms with van der Waals surface area (Å²) in [5, 5.41) is 3.54. The van der Waals surface area contributed by atoms with E-state index in [2.05, 4.69) is 48.2 Å². The molecule has 0 bridgehead atoms. The van der Waals surface area contributed by atoms with E-state index in [-0.39, 0.29) is 0 Å². The van der Waals surface area contributed by atoms with Crippen LogP contribution in [0.4, 0.5) is 0 Å². The third kappa shape index (κ3) is 7.28. The Hall–Kier alpha value is -0.930. The van der Waals surface area contributed by atoms with E-state index in [4.69, 9.17) is 0 Å². The normalized spacial score (nSPS) is 12.8. The summed E-state index contributed by atoms with van der Waals surface area (Å²) >= 11 is 0. The number of nitrogens with zero attached hydrogens (tertiary/aromatic N) is 2. The first kappa shape index (κ1) is 16.1. The molecule has 3 heteroatoms. The molecule has 0 aromatic carbocycles. The number of hydrogen-bond donors (Lipinski definition) is 1. The maximum Gasteiger partial charge on any atom is 0.0416 e. The van der Waals surface area contributed by atoms with Crippen LogP contribution in [0, 0.1) is 0 Å². The summed E-state index contributed by atoms with van der Waals surface area (Å²) in [6.45, 7) is 7.79. The maximum atomic E-state index is 4.36. The Balaban J connectivity index is 2.12. The Labute approximate surface area is 118 Å². The molecule has 0 amide bonds. The van der Waals surface area contributed by atoms with Gasteiger partial charge in [-0.2, -0.15) is 0 Å². The van der Waals surface area contributed by atoms with Gasteiger partial charge in [-0.05, 0) is 51.5 Å². The van der Waals surface area contributed by atoms with Gasteiger partial charge >= 0.3 is 0 Å². The van der Waals surface area contributed by atoms with Gasteiger partial charge in [-0.3, -0.25) is 4.98 Å². The van der Waals surface area contributed by atoms with Crippen molar-refractivity contribution in [2.24, 2.45) is 0 Å². The molecule has 0 spiro atoms. The zero-order valence-electron chi connectivity index (χ0n) is 12.7. The van der Waals surface area contributed by atoms with E-state index < -0.39 is 0 Å². The molecule has 1 aromatic heterocycles. The highest BCUT2D eigenvalue weighted by atomic mass is 15.1. The largest absolute Gasteiger partial charge is 0.314 e. The lowest BCUT2D eigenvalue weighted by molar-refractivity contribution is 0.317. The van der Waals surface area contributed by atoms with Crippen molar-refractivity contribution >= 4 is 0 Å². The molecule has 1 N–H and O–H groups in total. The fourth-order valence-electron chi connectivity index (χ4n) is 2.31. The Morgan fingerprint density at radius 3 is 2.74 bits per heavy atom. The van der Waals surface area contributed by atoms with Crippen molar-refractivity contribution in [3.8, 4) is 0 Å². The molecular weight excluding hydrogens is 234 g/mol. The van der Waals surface area contributed by atoms with Gasteiger partial charge in [-0.1, -0.05) is 19.9 Å². The molecule has 0 aliphatic rings. The Morgan fingerprint density at radius 1 is 1.26 bits per heavy atom. The van der Waals surface area contributed by atoms with Gasteiger partial charge in [0.2, 0.25) is 0 Å². The fraction of sp³-hybridized carbons (Fsp3) is 0.688.